The van der Waals surface area contributed by atoms with Crippen LogP contribution in [-0.4, -0.2) is 11.7 Å². The van der Waals surface area contributed by atoms with Crippen LogP contribution >= 0.6 is 23.2 Å². The molecule has 1 rings (SSSR count). The van der Waals surface area contributed by atoms with Gasteiger partial charge in [0.2, 0.25) is 0 Å². The molecule has 4 heteroatoms. The summed E-state index contributed by atoms with van der Waals surface area (Å²) in [6.45, 7) is -0.0992. The Morgan fingerprint density at radius 3 is 2.50 bits per heavy atom. The minimum absolute atomic E-state index is 0.0992. The Morgan fingerprint density at radius 2 is 2.00 bits per heavy atom. The molecule has 12 heavy (non-hydrogen) atoms. The van der Waals surface area contributed by atoms with E-state index in [4.69, 9.17) is 34.0 Å². The van der Waals surface area contributed by atoms with E-state index in [2.05, 4.69) is 0 Å². The van der Waals surface area contributed by atoms with E-state index in [-0.39, 0.29) is 12.6 Å². The van der Waals surface area contributed by atoms with Crippen molar-refractivity contribution in [2.45, 2.75) is 6.04 Å². The van der Waals surface area contributed by atoms with Gasteiger partial charge in [0.25, 0.3) is 0 Å². The Hall–Kier alpha value is -0.280. The monoisotopic (exact) mass is 205 g/mol. The highest BCUT2D eigenvalue weighted by atomic mass is 35.5. The number of halogens is 2. The van der Waals surface area contributed by atoms with Crippen LogP contribution in [0.5, 0.6) is 0 Å². The molecule has 0 spiro atoms. The topological polar surface area (TPSA) is 46.2 Å². The average Bonchev–Trinajstić information content (AvgIpc) is 2.08. The summed E-state index contributed by atoms with van der Waals surface area (Å²) in [5.41, 5.74) is 6.35. The van der Waals surface area contributed by atoms with E-state index in [0.717, 1.165) is 5.56 Å². The van der Waals surface area contributed by atoms with Gasteiger partial charge >= 0.3 is 0 Å². The predicted molar refractivity (Wildman–Crippen MR) is 50.5 cm³/mol. The normalized spacial score (nSPS) is 13.0. The third-order valence-corrected chi connectivity index (χ3v) is 2.31. The van der Waals surface area contributed by atoms with Crippen LogP contribution in [0.1, 0.15) is 11.6 Å². The summed E-state index contributed by atoms with van der Waals surface area (Å²) in [5, 5.41) is 9.70. The Morgan fingerprint density at radius 1 is 1.33 bits per heavy atom. The van der Waals surface area contributed by atoms with Crippen molar-refractivity contribution >= 4 is 23.2 Å². The van der Waals surface area contributed by atoms with Gasteiger partial charge in [-0.3, -0.25) is 0 Å². The summed E-state index contributed by atoms with van der Waals surface area (Å²) >= 11 is 11.4. The predicted octanol–water partition coefficient (Wildman–Crippen LogP) is 1.99. The van der Waals surface area contributed by atoms with E-state index in [1.54, 1.807) is 18.2 Å². The molecule has 0 aliphatic carbocycles. The first-order chi connectivity index (χ1) is 5.65. The Bertz CT molecular complexity index is 278. The van der Waals surface area contributed by atoms with E-state index in [1.807, 2.05) is 0 Å². The van der Waals surface area contributed by atoms with Crippen LogP contribution in [0.3, 0.4) is 0 Å². The molecule has 0 amide bonds. The Labute approximate surface area is 80.9 Å². The second-order valence-corrected chi connectivity index (χ2v) is 3.28. The van der Waals surface area contributed by atoms with Crippen LogP contribution in [0.15, 0.2) is 18.2 Å². The summed E-state index contributed by atoms with van der Waals surface area (Å²) in [5.74, 6) is 0. The van der Waals surface area contributed by atoms with E-state index in [1.165, 1.54) is 0 Å². The zero-order chi connectivity index (χ0) is 9.14. The van der Waals surface area contributed by atoms with Crippen molar-refractivity contribution in [1.29, 1.82) is 0 Å². The van der Waals surface area contributed by atoms with E-state index < -0.39 is 0 Å². The van der Waals surface area contributed by atoms with E-state index >= 15 is 0 Å². The van der Waals surface area contributed by atoms with Gasteiger partial charge in [0, 0.05) is 0 Å². The molecule has 0 radical (unpaired) electrons. The van der Waals surface area contributed by atoms with Crippen molar-refractivity contribution < 1.29 is 5.11 Å². The van der Waals surface area contributed by atoms with Crippen molar-refractivity contribution in [1.82, 2.24) is 0 Å². The molecule has 0 aromatic heterocycles. The van der Waals surface area contributed by atoms with E-state index in [9.17, 15) is 0 Å². The van der Waals surface area contributed by atoms with Crippen LogP contribution in [0, 0.1) is 0 Å². The van der Waals surface area contributed by atoms with Crippen LogP contribution in [-0.2, 0) is 0 Å². The average molecular weight is 206 g/mol. The molecule has 1 aromatic rings. The van der Waals surface area contributed by atoms with Crippen LogP contribution < -0.4 is 5.73 Å². The van der Waals surface area contributed by atoms with Gasteiger partial charge < -0.3 is 10.8 Å². The highest BCUT2D eigenvalue weighted by Gasteiger charge is 2.05. The third-order valence-electron chi connectivity index (χ3n) is 1.57. The maximum Gasteiger partial charge on any atom is 0.0624 e. The lowest BCUT2D eigenvalue weighted by atomic mass is 10.1. The zero-order valence-corrected chi connectivity index (χ0v) is 7.81. The van der Waals surface area contributed by atoms with Crippen molar-refractivity contribution in [3.8, 4) is 0 Å². The molecule has 0 bridgehead atoms. The van der Waals surface area contributed by atoms with Crippen LogP contribution in [0.4, 0.5) is 0 Å². The highest BCUT2D eigenvalue weighted by molar-refractivity contribution is 6.42. The molecule has 0 aliphatic rings. The Balaban J connectivity index is 2.96. The molecule has 2 nitrogen and oxygen atoms in total. The summed E-state index contributed by atoms with van der Waals surface area (Å²) < 4.78 is 0. The lowest BCUT2D eigenvalue weighted by Gasteiger charge is -2.08. The van der Waals surface area contributed by atoms with Gasteiger partial charge in [-0.15, -0.1) is 0 Å². The minimum Gasteiger partial charge on any atom is -0.394 e. The Kier molecular flexibility index (Phi) is 3.35. The quantitative estimate of drug-likeness (QED) is 0.777. The first-order valence-electron chi connectivity index (χ1n) is 3.46. The van der Waals surface area contributed by atoms with E-state index in [0.29, 0.717) is 10.0 Å². The molecule has 0 aliphatic heterocycles. The molecular formula is C8H9Cl2NO. The first kappa shape index (κ1) is 9.81. The molecule has 0 fully saturated rings. The van der Waals surface area contributed by atoms with Crippen molar-refractivity contribution in [3.05, 3.63) is 33.8 Å². The molecule has 66 valence electrons. The maximum atomic E-state index is 8.75. The van der Waals surface area contributed by atoms with Gasteiger partial charge in [0.15, 0.2) is 0 Å². The molecular weight excluding hydrogens is 197 g/mol. The lowest BCUT2D eigenvalue weighted by molar-refractivity contribution is 0.268. The SMILES string of the molecule is N[C@@H](CO)c1ccc(Cl)c(Cl)c1. The number of hydrogen-bond donors (Lipinski definition) is 2. The molecule has 0 unspecified atom stereocenters. The summed E-state index contributed by atoms with van der Waals surface area (Å²) in [6.07, 6.45) is 0. The number of hydrogen-bond acceptors (Lipinski definition) is 2. The summed E-state index contributed by atoms with van der Waals surface area (Å²) in [7, 11) is 0. The first-order valence-corrected chi connectivity index (χ1v) is 4.22. The lowest BCUT2D eigenvalue weighted by Crippen LogP contribution is -2.14. The van der Waals surface area contributed by atoms with Gasteiger partial charge in [-0.2, -0.15) is 0 Å². The van der Waals surface area contributed by atoms with Crippen LogP contribution in [0.25, 0.3) is 0 Å². The second kappa shape index (κ2) is 4.10. The van der Waals surface area contributed by atoms with Crippen molar-refractivity contribution in [3.63, 3.8) is 0 Å². The van der Waals surface area contributed by atoms with Gasteiger partial charge in [-0.1, -0.05) is 29.3 Å². The van der Waals surface area contributed by atoms with Crippen LogP contribution in [0.2, 0.25) is 10.0 Å². The number of aliphatic hydroxyl groups excluding tert-OH is 1. The molecule has 3 N–H and O–H groups in total. The fraction of sp³-hybridized carbons (Fsp3) is 0.250. The third kappa shape index (κ3) is 2.11. The smallest absolute Gasteiger partial charge is 0.0624 e. The minimum atomic E-state index is -0.389. The largest absolute Gasteiger partial charge is 0.394 e. The standard InChI is InChI=1S/C8H9Cl2NO/c9-6-2-1-5(3-7(6)10)8(11)4-12/h1-3,8,12H,4,11H2/t8-/m0/s1. The number of benzene rings is 1. The van der Waals surface area contributed by atoms with Gasteiger partial charge in [0.1, 0.15) is 0 Å². The number of nitrogens with two attached hydrogens (primary N) is 1. The fourth-order valence-corrected chi connectivity index (χ4v) is 1.15. The highest BCUT2D eigenvalue weighted by Crippen LogP contribution is 2.24. The van der Waals surface area contributed by atoms with Gasteiger partial charge in [-0.25, -0.2) is 0 Å². The zero-order valence-electron chi connectivity index (χ0n) is 6.30. The van der Waals surface area contributed by atoms with Crippen molar-refractivity contribution in [2.24, 2.45) is 5.73 Å². The fourth-order valence-electron chi connectivity index (χ4n) is 0.848. The summed E-state index contributed by atoms with van der Waals surface area (Å²) in [4.78, 5) is 0. The maximum absolute atomic E-state index is 8.75. The molecule has 1 atom stereocenters. The second-order valence-electron chi connectivity index (χ2n) is 2.46. The molecule has 0 saturated heterocycles. The number of aliphatic hydroxyl groups is 1. The molecule has 0 saturated carbocycles. The van der Waals surface area contributed by atoms with Gasteiger partial charge in [0.05, 0.1) is 22.7 Å². The molecule has 1 aromatic carbocycles. The van der Waals surface area contributed by atoms with Gasteiger partial charge in [-0.05, 0) is 17.7 Å². The molecule has 0 heterocycles. The summed E-state index contributed by atoms with van der Waals surface area (Å²) in [6, 6.07) is 4.68. The van der Waals surface area contributed by atoms with Crippen molar-refractivity contribution in [2.75, 3.05) is 6.61 Å². The number of rotatable bonds is 2.